The van der Waals surface area contributed by atoms with E-state index in [0.29, 0.717) is 23.0 Å². The summed E-state index contributed by atoms with van der Waals surface area (Å²) in [5, 5.41) is 0. The minimum Gasteiger partial charge on any atom is -0.497 e. The Morgan fingerprint density at radius 3 is 1.03 bits per heavy atom. The highest BCUT2D eigenvalue weighted by molar-refractivity contribution is 7.91. The number of aryl methyl sites for hydroxylation is 1. The lowest BCUT2D eigenvalue weighted by Gasteiger charge is -2.43. The van der Waals surface area contributed by atoms with Gasteiger partial charge in [-0.25, -0.2) is 8.42 Å². The van der Waals surface area contributed by atoms with E-state index >= 15 is 0 Å². The summed E-state index contributed by atoms with van der Waals surface area (Å²) in [4.78, 5) is 0.341. The van der Waals surface area contributed by atoms with E-state index < -0.39 is 9.84 Å². The Hall–Kier alpha value is -7.87. The fourth-order valence-electron chi connectivity index (χ4n) is 10.6. The predicted molar refractivity (Wildman–Crippen MR) is 281 cm³/mol. The molecular formula is C64H54O6S. The smallest absolute Gasteiger partial charge is 0.206 e. The maximum atomic E-state index is 13.7. The molecule has 12 rings (SSSR count). The molecule has 0 saturated carbocycles. The van der Waals surface area contributed by atoms with Crippen LogP contribution in [0, 0.1) is 6.92 Å². The minimum absolute atomic E-state index is 0.122. The summed E-state index contributed by atoms with van der Waals surface area (Å²) >= 11 is 0. The van der Waals surface area contributed by atoms with Gasteiger partial charge in [0.05, 0.1) is 16.9 Å². The van der Waals surface area contributed by atoms with Gasteiger partial charge in [0.2, 0.25) is 9.84 Å². The summed E-state index contributed by atoms with van der Waals surface area (Å²) in [5.41, 5.74) is 13.5. The molecule has 71 heavy (non-hydrogen) atoms. The first-order chi connectivity index (χ1) is 34.3. The van der Waals surface area contributed by atoms with E-state index in [4.69, 9.17) is 18.9 Å². The molecule has 7 heteroatoms. The predicted octanol–water partition coefficient (Wildman–Crippen LogP) is 15.9. The van der Waals surface area contributed by atoms with Gasteiger partial charge in [-0.1, -0.05) is 131 Å². The van der Waals surface area contributed by atoms with Gasteiger partial charge in [-0.15, -0.1) is 0 Å². The lowest BCUT2D eigenvalue weighted by atomic mass is 9.60. The number of hydrogen-bond acceptors (Lipinski definition) is 6. The molecule has 0 N–H and O–H groups in total. The summed E-state index contributed by atoms with van der Waals surface area (Å²) in [7, 11) is -2.13. The van der Waals surface area contributed by atoms with Crippen molar-refractivity contribution in [3.63, 3.8) is 0 Å². The largest absolute Gasteiger partial charge is 0.497 e. The lowest BCUT2D eigenvalue weighted by Crippen LogP contribution is -2.28. The Kier molecular flexibility index (Phi) is 11.4. The van der Waals surface area contributed by atoms with Gasteiger partial charge in [-0.2, -0.15) is 0 Å². The highest BCUT2D eigenvalue weighted by Crippen LogP contribution is 2.59. The number of methoxy groups -OCH3 is 1. The Bertz CT molecular complexity index is 3480. The van der Waals surface area contributed by atoms with Gasteiger partial charge in [-0.05, 0) is 166 Å². The molecule has 3 aliphatic rings. The van der Waals surface area contributed by atoms with E-state index in [1.54, 1.807) is 55.6 Å². The van der Waals surface area contributed by atoms with Gasteiger partial charge in [0.25, 0.3) is 0 Å². The van der Waals surface area contributed by atoms with Gasteiger partial charge >= 0.3 is 0 Å². The Labute approximate surface area is 417 Å². The molecule has 0 atom stereocenters. The summed E-state index contributed by atoms with van der Waals surface area (Å²) in [6.07, 6.45) is 0. The molecule has 0 heterocycles. The van der Waals surface area contributed by atoms with E-state index in [2.05, 4.69) is 156 Å². The molecule has 0 fully saturated rings. The van der Waals surface area contributed by atoms with Crippen LogP contribution in [-0.4, -0.2) is 15.5 Å². The second-order valence-corrected chi connectivity index (χ2v) is 21.6. The summed E-state index contributed by atoms with van der Waals surface area (Å²) in [5.74, 6) is 5.21. The van der Waals surface area contributed by atoms with Crippen LogP contribution < -0.4 is 18.9 Å². The molecule has 0 saturated heterocycles. The molecular weight excluding hydrogens is 897 g/mol. The van der Waals surface area contributed by atoms with Crippen LogP contribution in [0.5, 0.6) is 40.2 Å². The first-order valence-corrected chi connectivity index (χ1v) is 25.5. The zero-order valence-electron chi connectivity index (χ0n) is 40.6. The van der Waals surface area contributed by atoms with Crippen molar-refractivity contribution in [3.8, 4) is 40.2 Å². The minimum atomic E-state index is -3.79. The van der Waals surface area contributed by atoms with Crippen LogP contribution in [0.15, 0.2) is 216 Å². The van der Waals surface area contributed by atoms with E-state index in [1.165, 1.54) is 44.5 Å². The summed E-state index contributed by atoms with van der Waals surface area (Å²) < 4.78 is 51.8. The first kappa shape index (κ1) is 45.6. The number of rotatable bonds is 13. The molecule has 0 amide bonds. The zero-order chi connectivity index (χ0) is 49.1. The molecule has 0 aliphatic heterocycles. The molecule has 2 bridgehead atoms. The number of hydrogen-bond donors (Lipinski definition) is 0. The lowest BCUT2D eigenvalue weighted by molar-refractivity contribution is 0.414. The fourth-order valence-corrected chi connectivity index (χ4v) is 11.9. The van der Waals surface area contributed by atoms with Crippen LogP contribution in [0.3, 0.4) is 0 Å². The van der Waals surface area contributed by atoms with Crippen LogP contribution in [0.25, 0.3) is 0 Å². The fraction of sp³-hybridized carbons (Fsp3) is 0.156. The normalized spacial score (nSPS) is 14.7. The van der Waals surface area contributed by atoms with Crippen LogP contribution in [0.1, 0.15) is 101 Å². The molecule has 0 spiro atoms. The van der Waals surface area contributed by atoms with Crippen molar-refractivity contribution in [2.45, 2.75) is 67.1 Å². The van der Waals surface area contributed by atoms with Crippen molar-refractivity contribution in [1.82, 2.24) is 0 Å². The van der Waals surface area contributed by atoms with Gasteiger partial charge in [0, 0.05) is 28.2 Å². The quantitative estimate of drug-likeness (QED) is 0.115. The number of sulfone groups is 1. The maximum Gasteiger partial charge on any atom is 0.206 e. The SMILES string of the molecule is COc1ccc(C(C)(C)c2ccc(Oc3ccc(S(=O)(=O)c4ccc(Oc5ccc(C(C)(C)c6ccc(Oc7ccc(C)c8c7C7c9ccccc9C8c8ccccc87)cc6)cc5)cc4)cc3)cc2)cc1. The Morgan fingerprint density at radius 1 is 0.366 bits per heavy atom. The standard InChI is InChI=1S/C64H54O6S/c1-41-15-40-58(62-59(41)60-54-11-7-9-13-56(54)61(62)57-14-10-8-12-55(57)60)70-51-30-22-45(23-31-51)64(4,5)44-20-28-48(29-21-44)69-50-34-38-53(39-35-50)71(65,66)52-36-32-49(33-37-52)68-47-26-18-43(19-27-47)63(2,3)42-16-24-46(67-6)25-17-42/h7-40,60-61H,1-6H3. The van der Waals surface area contributed by atoms with Crippen molar-refractivity contribution >= 4 is 9.84 Å². The van der Waals surface area contributed by atoms with Crippen molar-refractivity contribution in [2.75, 3.05) is 7.11 Å². The monoisotopic (exact) mass is 950 g/mol. The van der Waals surface area contributed by atoms with Crippen LogP contribution >= 0.6 is 0 Å². The van der Waals surface area contributed by atoms with Crippen molar-refractivity contribution in [2.24, 2.45) is 0 Å². The number of benzene rings is 9. The zero-order valence-corrected chi connectivity index (χ0v) is 41.5. The van der Waals surface area contributed by atoms with E-state index in [1.807, 2.05) is 36.4 Å². The van der Waals surface area contributed by atoms with Crippen LogP contribution in [0.2, 0.25) is 0 Å². The van der Waals surface area contributed by atoms with Crippen LogP contribution in [-0.2, 0) is 20.7 Å². The molecule has 9 aromatic rings. The third-order valence-corrected chi connectivity index (χ3v) is 16.6. The highest BCUT2D eigenvalue weighted by Gasteiger charge is 2.43. The van der Waals surface area contributed by atoms with Crippen molar-refractivity contribution in [3.05, 3.63) is 267 Å². The molecule has 0 radical (unpaired) electrons. The van der Waals surface area contributed by atoms with E-state index in [0.717, 1.165) is 33.9 Å². The van der Waals surface area contributed by atoms with Crippen LogP contribution in [0.4, 0.5) is 0 Å². The second-order valence-electron chi connectivity index (χ2n) is 19.6. The second kappa shape index (κ2) is 17.8. The first-order valence-electron chi connectivity index (χ1n) is 24.1. The average Bonchev–Trinajstić information content (AvgIpc) is 3.40. The number of ether oxygens (including phenoxy) is 4. The molecule has 0 aromatic heterocycles. The third-order valence-electron chi connectivity index (χ3n) is 14.8. The Balaban J connectivity index is 0.724. The molecule has 0 unspecified atom stereocenters. The van der Waals surface area contributed by atoms with E-state index in [-0.39, 0.29) is 32.5 Å². The Morgan fingerprint density at radius 2 is 0.676 bits per heavy atom. The molecule has 6 nitrogen and oxygen atoms in total. The summed E-state index contributed by atoms with van der Waals surface area (Å²) in [6, 6.07) is 67.7. The topological polar surface area (TPSA) is 71.1 Å². The third kappa shape index (κ3) is 8.24. The van der Waals surface area contributed by atoms with E-state index in [9.17, 15) is 8.42 Å². The maximum absolute atomic E-state index is 13.7. The van der Waals surface area contributed by atoms with Crippen molar-refractivity contribution in [1.29, 1.82) is 0 Å². The highest BCUT2D eigenvalue weighted by atomic mass is 32.2. The van der Waals surface area contributed by atoms with Gasteiger partial charge < -0.3 is 18.9 Å². The van der Waals surface area contributed by atoms with Gasteiger partial charge in [-0.3, -0.25) is 0 Å². The van der Waals surface area contributed by atoms with Gasteiger partial charge in [0.15, 0.2) is 0 Å². The van der Waals surface area contributed by atoms with Gasteiger partial charge in [0.1, 0.15) is 40.2 Å². The average molecular weight is 951 g/mol. The summed E-state index contributed by atoms with van der Waals surface area (Å²) in [6.45, 7) is 11.0. The van der Waals surface area contributed by atoms with Crippen molar-refractivity contribution < 1.29 is 27.4 Å². The molecule has 352 valence electrons. The molecule has 3 aliphatic carbocycles. The molecule has 9 aromatic carbocycles.